The molecule has 0 amide bonds. The zero-order valence-electron chi connectivity index (χ0n) is 8.85. The van der Waals surface area contributed by atoms with Gasteiger partial charge in [0, 0.05) is 12.4 Å². The molecule has 5 nitrogen and oxygen atoms in total. The smallest absolute Gasteiger partial charge is 0.223 e. The summed E-state index contributed by atoms with van der Waals surface area (Å²) in [6.45, 7) is 0. The second kappa shape index (κ2) is 3.92. The highest BCUT2D eigenvalue weighted by Crippen LogP contribution is 2.29. The summed E-state index contributed by atoms with van der Waals surface area (Å²) in [5.74, 6) is 0.676. The van der Waals surface area contributed by atoms with Crippen molar-refractivity contribution in [3.63, 3.8) is 0 Å². The maximum absolute atomic E-state index is 4.17. The third-order valence-corrected chi connectivity index (χ3v) is 2.91. The number of nitrogens with zero attached hydrogens (tertiary/aromatic N) is 3. The van der Waals surface area contributed by atoms with E-state index in [4.69, 9.17) is 0 Å². The highest BCUT2D eigenvalue weighted by atomic mass is 15.2. The molecule has 0 bridgehead atoms. The fraction of sp³-hybridized carbons (Fsp3) is 0.364. The van der Waals surface area contributed by atoms with Crippen molar-refractivity contribution in [2.24, 2.45) is 0 Å². The standard InChI is InChI=1S/C11H13N5/c1-3-8-7-14-16-10(8)9(4-1)15-11-12-5-2-6-13-11/h2,5-7,9H,1,3-4H2,(H,14,16)(H,12,13,15)/t9-/m1/s1. The fourth-order valence-electron chi connectivity index (χ4n) is 2.14. The molecule has 0 unspecified atom stereocenters. The minimum Gasteiger partial charge on any atom is -0.346 e. The van der Waals surface area contributed by atoms with Crippen LogP contribution in [0.3, 0.4) is 0 Å². The van der Waals surface area contributed by atoms with Crippen LogP contribution in [0.15, 0.2) is 24.7 Å². The van der Waals surface area contributed by atoms with Crippen LogP contribution in [0.1, 0.15) is 30.1 Å². The summed E-state index contributed by atoms with van der Waals surface area (Å²) < 4.78 is 0. The second-order valence-corrected chi connectivity index (χ2v) is 3.97. The molecule has 1 aliphatic carbocycles. The van der Waals surface area contributed by atoms with Crippen molar-refractivity contribution in [1.29, 1.82) is 0 Å². The van der Waals surface area contributed by atoms with Gasteiger partial charge in [-0.15, -0.1) is 0 Å². The number of aryl methyl sites for hydroxylation is 1. The van der Waals surface area contributed by atoms with Crippen LogP contribution in [0.2, 0.25) is 0 Å². The Labute approximate surface area is 93.3 Å². The van der Waals surface area contributed by atoms with Crippen LogP contribution < -0.4 is 5.32 Å². The number of nitrogens with one attached hydrogen (secondary N) is 2. The van der Waals surface area contributed by atoms with E-state index in [0.717, 1.165) is 12.8 Å². The van der Waals surface area contributed by atoms with Gasteiger partial charge in [0.25, 0.3) is 0 Å². The molecular weight excluding hydrogens is 202 g/mol. The largest absolute Gasteiger partial charge is 0.346 e. The first-order valence-electron chi connectivity index (χ1n) is 5.49. The van der Waals surface area contributed by atoms with Crippen LogP contribution in [0.5, 0.6) is 0 Å². The van der Waals surface area contributed by atoms with Gasteiger partial charge in [-0.25, -0.2) is 9.97 Å². The Balaban J connectivity index is 1.83. The van der Waals surface area contributed by atoms with E-state index < -0.39 is 0 Å². The van der Waals surface area contributed by atoms with Crippen LogP contribution in [0.25, 0.3) is 0 Å². The van der Waals surface area contributed by atoms with E-state index in [9.17, 15) is 0 Å². The van der Waals surface area contributed by atoms with Gasteiger partial charge in [0.2, 0.25) is 5.95 Å². The average molecular weight is 215 g/mol. The quantitative estimate of drug-likeness (QED) is 0.800. The summed E-state index contributed by atoms with van der Waals surface area (Å²) in [4.78, 5) is 8.35. The third-order valence-electron chi connectivity index (χ3n) is 2.91. The normalized spacial score (nSPS) is 19.1. The van der Waals surface area contributed by atoms with E-state index in [1.165, 1.54) is 17.7 Å². The predicted octanol–water partition coefficient (Wildman–Crippen LogP) is 1.69. The number of rotatable bonds is 2. The lowest BCUT2D eigenvalue weighted by Gasteiger charge is -2.22. The maximum Gasteiger partial charge on any atom is 0.223 e. The van der Waals surface area contributed by atoms with Crippen molar-refractivity contribution in [2.45, 2.75) is 25.3 Å². The van der Waals surface area contributed by atoms with Gasteiger partial charge in [0.1, 0.15) is 0 Å². The number of aromatic nitrogens is 4. The lowest BCUT2D eigenvalue weighted by atomic mass is 9.94. The molecule has 82 valence electrons. The van der Waals surface area contributed by atoms with Crippen LogP contribution in [-0.2, 0) is 6.42 Å². The molecule has 3 rings (SSSR count). The Morgan fingerprint density at radius 3 is 3.06 bits per heavy atom. The number of fused-ring (bicyclic) bond motifs is 1. The molecule has 2 aromatic rings. The van der Waals surface area contributed by atoms with Crippen molar-refractivity contribution < 1.29 is 0 Å². The summed E-state index contributed by atoms with van der Waals surface area (Å²) in [5.41, 5.74) is 2.48. The van der Waals surface area contributed by atoms with E-state index in [2.05, 4.69) is 25.5 Å². The molecule has 2 heterocycles. The molecule has 2 aromatic heterocycles. The van der Waals surface area contributed by atoms with Crippen LogP contribution in [0, 0.1) is 0 Å². The molecule has 0 spiro atoms. The van der Waals surface area contributed by atoms with E-state index in [1.54, 1.807) is 12.4 Å². The monoisotopic (exact) mass is 215 g/mol. The van der Waals surface area contributed by atoms with Gasteiger partial charge in [0.05, 0.1) is 17.9 Å². The Hall–Kier alpha value is -1.91. The third kappa shape index (κ3) is 1.64. The summed E-state index contributed by atoms with van der Waals surface area (Å²) in [6.07, 6.45) is 8.78. The lowest BCUT2D eigenvalue weighted by molar-refractivity contribution is 0.584. The SMILES string of the molecule is c1cnc(N[C@@H]2CCCc3cn[nH]c32)nc1. The van der Waals surface area contributed by atoms with E-state index in [0.29, 0.717) is 5.95 Å². The van der Waals surface area contributed by atoms with Crippen molar-refractivity contribution in [3.05, 3.63) is 35.9 Å². The van der Waals surface area contributed by atoms with Gasteiger partial charge < -0.3 is 5.32 Å². The Kier molecular flexibility index (Phi) is 2.29. The molecule has 0 aromatic carbocycles. The van der Waals surface area contributed by atoms with Gasteiger partial charge in [-0.05, 0) is 30.9 Å². The van der Waals surface area contributed by atoms with E-state index >= 15 is 0 Å². The Morgan fingerprint density at radius 2 is 2.19 bits per heavy atom. The maximum atomic E-state index is 4.17. The van der Waals surface area contributed by atoms with E-state index in [-0.39, 0.29) is 6.04 Å². The molecule has 0 fully saturated rings. The number of hydrogen-bond acceptors (Lipinski definition) is 4. The predicted molar refractivity (Wildman–Crippen MR) is 59.9 cm³/mol. The van der Waals surface area contributed by atoms with Crippen molar-refractivity contribution in [2.75, 3.05) is 5.32 Å². The molecule has 0 radical (unpaired) electrons. The fourth-order valence-corrected chi connectivity index (χ4v) is 2.14. The molecule has 0 aliphatic heterocycles. The first-order valence-corrected chi connectivity index (χ1v) is 5.49. The van der Waals surface area contributed by atoms with Gasteiger partial charge in [-0.2, -0.15) is 5.10 Å². The Bertz CT molecular complexity index is 464. The second-order valence-electron chi connectivity index (χ2n) is 3.97. The van der Waals surface area contributed by atoms with Gasteiger partial charge in [0.15, 0.2) is 0 Å². The van der Waals surface area contributed by atoms with Crippen molar-refractivity contribution in [3.8, 4) is 0 Å². The van der Waals surface area contributed by atoms with Crippen molar-refractivity contribution in [1.82, 2.24) is 20.2 Å². The summed E-state index contributed by atoms with van der Waals surface area (Å²) in [7, 11) is 0. The molecule has 1 atom stereocenters. The molecule has 5 heteroatoms. The topological polar surface area (TPSA) is 66.5 Å². The zero-order valence-corrected chi connectivity index (χ0v) is 8.85. The summed E-state index contributed by atoms with van der Waals surface area (Å²) in [5, 5.41) is 10.5. The average Bonchev–Trinajstić information content (AvgIpc) is 2.80. The Morgan fingerprint density at radius 1 is 1.31 bits per heavy atom. The number of aromatic amines is 1. The van der Waals surface area contributed by atoms with Crippen LogP contribution >= 0.6 is 0 Å². The summed E-state index contributed by atoms with van der Waals surface area (Å²) >= 11 is 0. The number of anilines is 1. The molecule has 2 N–H and O–H groups in total. The molecule has 0 saturated heterocycles. The lowest BCUT2D eigenvalue weighted by Crippen LogP contribution is -2.18. The minimum atomic E-state index is 0.258. The van der Waals surface area contributed by atoms with Gasteiger partial charge >= 0.3 is 0 Å². The van der Waals surface area contributed by atoms with Crippen molar-refractivity contribution >= 4 is 5.95 Å². The van der Waals surface area contributed by atoms with E-state index in [1.807, 2.05) is 12.3 Å². The number of H-pyrrole nitrogens is 1. The molecular formula is C11H13N5. The highest BCUT2D eigenvalue weighted by molar-refractivity contribution is 5.32. The first kappa shape index (κ1) is 9.33. The molecule has 0 saturated carbocycles. The molecule has 16 heavy (non-hydrogen) atoms. The van der Waals surface area contributed by atoms with Crippen LogP contribution in [-0.4, -0.2) is 20.2 Å². The zero-order chi connectivity index (χ0) is 10.8. The summed E-state index contributed by atoms with van der Waals surface area (Å²) in [6, 6.07) is 2.07. The number of hydrogen-bond donors (Lipinski definition) is 2. The minimum absolute atomic E-state index is 0.258. The van der Waals surface area contributed by atoms with Gasteiger partial charge in [-0.1, -0.05) is 0 Å². The highest BCUT2D eigenvalue weighted by Gasteiger charge is 2.22. The van der Waals surface area contributed by atoms with Crippen LogP contribution in [0.4, 0.5) is 5.95 Å². The van der Waals surface area contributed by atoms with Gasteiger partial charge in [-0.3, -0.25) is 5.10 Å². The molecule has 1 aliphatic rings. The first-order chi connectivity index (χ1) is 7.93.